The molecule has 0 unspecified atom stereocenters. The lowest BCUT2D eigenvalue weighted by atomic mass is 9.96. The number of aryl methyl sites for hydroxylation is 1. The van der Waals surface area contributed by atoms with E-state index in [0.29, 0.717) is 11.1 Å². The SMILES string of the molecule is CCc1cc(CCl)c(C#N)c(CC(=O)OC)c1. The van der Waals surface area contributed by atoms with Crippen LogP contribution in [0.1, 0.15) is 29.2 Å². The van der Waals surface area contributed by atoms with Crippen molar-refractivity contribution >= 4 is 17.6 Å². The summed E-state index contributed by atoms with van der Waals surface area (Å²) in [7, 11) is 1.33. The molecule has 0 saturated carbocycles. The largest absolute Gasteiger partial charge is 0.469 e. The number of carbonyl (C=O) groups excluding carboxylic acids is 1. The Hall–Kier alpha value is -1.53. The molecule has 1 aromatic rings. The van der Waals surface area contributed by atoms with E-state index in [1.807, 2.05) is 19.1 Å². The maximum absolute atomic E-state index is 11.3. The first-order chi connectivity index (χ1) is 8.15. The Morgan fingerprint density at radius 3 is 2.59 bits per heavy atom. The highest BCUT2D eigenvalue weighted by Crippen LogP contribution is 2.20. The van der Waals surface area contributed by atoms with E-state index < -0.39 is 0 Å². The van der Waals surface area contributed by atoms with Crippen molar-refractivity contribution in [2.75, 3.05) is 7.11 Å². The van der Waals surface area contributed by atoms with Gasteiger partial charge in [0.1, 0.15) is 0 Å². The van der Waals surface area contributed by atoms with Gasteiger partial charge in [-0.3, -0.25) is 4.79 Å². The zero-order valence-electron chi connectivity index (χ0n) is 9.92. The Kier molecular flexibility index (Phi) is 4.99. The number of hydrogen-bond acceptors (Lipinski definition) is 3. The standard InChI is InChI=1S/C13H14ClNO2/c1-3-9-4-10(6-13(16)17-2)12(8-15)11(5-9)7-14/h4-5H,3,6-7H2,1-2H3. The van der Waals surface area contributed by atoms with Crippen molar-refractivity contribution in [3.05, 3.63) is 34.4 Å². The lowest BCUT2D eigenvalue weighted by molar-refractivity contribution is -0.139. The zero-order chi connectivity index (χ0) is 12.8. The van der Waals surface area contributed by atoms with Crippen molar-refractivity contribution in [1.82, 2.24) is 0 Å². The van der Waals surface area contributed by atoms with Crippen molar-refractivity contribution in [2.45, 2.75) is 25.6 Å². The van der Waals surface area contributed by atoms with E-state index in [1.165, 1.54) is 7.11 Å². The molecule has 0 heterocycles. The maximum atomic E-state index is 11.3. The van der Waals surface area contributed by atoms with Crippen molar-refractivity contribution in [1.29, 1.82) is 5.26 Å². The van der Waals surface area contributed by atoms with E-state index in [-0.39, 0.29) is 18.3 Å². The van der Waals surface area contributed by atoms with Gasteiger partial charge >= 0.3 is 5.97 Å². The summed E-state index contributed by atoms with van der Waals surface area (Å²) in [5, 5.41) is 9.12. The molecule has 0 aromatic heterocycles. The van der Waals surface area contributed by atoms with Crippen LogP contribution in [-0.4, -0.2) is 13.1 Å². The molecule has 0 fully saturated rings. The Labute approximate surface area is 106 Å². The minimum Gasteiger partial charge on any atom is -0.469 e. The van der Waals surface area contributed by atoms with Gasteiger partial charge in [-0.15, -0.1) is 11.6 Å². The fraction of sp³-hybridized carbons (Fsp3) is 0.385. The minimum absolute atomic E-state index is 0.108. The van der Waals surface area contributed by atoms with Crippen LogP contribution in [0.3, 0.4) is 0 Å². The Balaban J connectivity index is 3.25. The van der Waals surface area contributed by atoms with Crippen LogP contribution in [0.5, 0.6) is 0 Å². The molecule has 1 rings (SSSR count). The van der Waals surface area contributed by atoms with Crippen LogP contribution in [0.2, 0.25) is 0 Å². The van der Waals surface area contributed by atoms with Gasteiger partial charge in [-0.05, 0) is 23.1 Å². The summed E-state index contributed by atoms with van der Waals surface area (Å²) in [5.41, 5.74) is 3.02. The summed E-state index contributed by atoms with van der Waals surface area (Å²) in [6.07, 6.45) is 0.945. The second-order valence-electron chi connectivity index (χ2n) is 3.64. The average Bonchev–Trinajstić information content (AvgIpc) is 2.37. The Morgan fingerprint density at radius 2 is 2.12 bits per heavy atom. The molecule has 0 N–H and O–H groups in total. The topological polar surface area (TPSA) is 50.1 Å². The number of ether oxygens (including phenoxy) is 1. The second kappa shape index (κ2) is 6.27. The van der Waals surface area contributed by atoms with Crippen LogP contribution in [0.4, 0.5) is 0 Å². The molecule has 0 saturated heterocycles. The molecule has 4 heteroatoms. The number of benzene rings is 1. The minimum atomic E-state index is -0.352. The highest BCUT2D eigenvalue weighted by atomic mass is 35.5. The molecule has 1 aromatic carbocycles. The number of alkyl halides is 1. The monoisotopic (exact) mass is 251 g/mol. The van der Waals surface area contributed by atoms with Crippen molar-refractivity contribution < 1.29 is 9.53 Å². The number of methoxy groups -OCH3 is 1. The highest BCUT2D eigenvalue weighted by molar-refractivity contribution is 6.17. The number of halogens is 1. The van der Waals surface area contributed by atoms with E-state index in [4.69, 9.17) is 16.9 Å². The number of nitrogens with zero attached hydrogens (tertiary/aromatic N) is 1. The molecule has 0 bridgehead atoms. The number of nitriles is 1. The lowest BCUT2D eigenvalue weighted by Crippen LogP contribution is -2.08. The van der Waals surface area contributed by atoms with Crippen molar-refractivity contribution in [2.24, 2.45) is 0 Å². The zero-order valence-corrected chi connectivity index (χ0v) is 10.7. The van der Waals surface area contributed by atoms with Gasteiger partial charge in [0.2, 0.25) is 0 Å². The third-order valence-corrected chi connectivity index (χ3v) is 2.88. The molecule has 0 aliphatic carbocycles. The van der Waals surface area contributed by atoms with Crippen LogP contribution >= 0.6 is 11.6 Å². The van der Waals surface area contributed by atoms with Gasteiger partial charge in [-0.25, -0.2) is 0 Å². The predicted octanol–water partition coefficient (Wildman–Crippen LogP) is 2.57. The molecule has 0 aliphatic heterocycles. The second-order valence-corrected chi connectivity index (χ2v) is 3.91. The van der Waals surface area contributed by atoms with Gasteiger partial charge in [0.15, 0.2) is 0 Å². The number of carbonyl (C=O) groups is 1. The number of hydrogen-bond donors (Lipinski definition) is 0. The Bertz CT molecular complexity index is 463. The van der Waals surface area contributed by atoms with Gasteiger partial charge in [-0.2, -0.15) is 5.26 Å². The molecule has 0 atom stereocenters. The molecule has 3 nitrogen and oxygen atoms in total. The third-order valence-electron chi connectivity index (χ3n) is 2.59. The van der Waals surface area contributed by atoms with Crippen LogP contribution < -0.4 is 0 Å². The molecule has 90 valence electrons. The van der Waals surface area contributed by atoms with Crippen LogP contribution in [-0.2, 0) is 28.3 Å². The summed E-state index contributed by atoms with van der Waals surface area (Å²) in [6, 6.07) is 5.88. The smallest absolute Gasteiger partial charge is 0.310 e. The van der Waals surface area contributed by atoms with E-state index in [2.05, 4.69) is 10.8 Å². The molecule has 0 spiro atoms. The number of esters is 1. The van der Waals surface area contributed by atoms with Gasteiger partial charge < -0.3 is 4.74 Å². The normalized spacial score (nSPS) is 9.76. The van der Waals surface area contributed by atoms with Gasteiger partial charge in [0.25, 0.3) is 0 Å². The number of rotatable bonds is 4. The summed E-state index contributed by atoms with van der Waals surface area (Å²) >= 11 is 5.81. The lowest BCUT2D eigenvalue weighted by Gasteiger charge is -2.09. The van der Waals surface area contributed by atoms with E-state index >= 15 is 0 Å². The van der Waals surface area contributed by atoms with Crippen LogP contribution in [0.25, 0.3) is 0 Å². The Morgan fingerprint density at radius 1 is 1.47 bits per heavy atom. The quantitative estimate of drug-likeness (QED) is 0.610. The molecule has 0 aliphatic rings. The van der Waals surface area contributed by atoms with E-state index in [1.54, 1.807) is 0 Å². The molecule has 0 amide bonds. The summed E-state index contributed by atoms with van der Waals surface area (Å²) < 4.78 is 4.62. The predicted molar refractivity (Wildman–Crippen MR) is 65.8 cm³/mol. The summed E-state index contributed by atoms with van der Waals surface area (Å²) in [4.78, 5) is 11.3. The van der Waals surface area contributed by atoms with Gasteiger partial charge in [-0.1, -0.05) is 19.1 Å². The highest BCUT2D eigenvalue weighted by Gasteiger charge is 2.13. The molecule has 17 heavy (non-hydrogen) atoms. The van der Waals surface area contributed by atoms with Gasteiger partial charge in [0.05, 0.1) is 25.2 Å². The first-order valence-corrected chi connectivity index (χ1v) is 5.87. The average molecular weight is 252 g/mol. The summed E-state index contributed by atoms with van der Waals surface area (Å²) in [6.45, 7) is 2.02. The molecule has 0 radical (unpaired) electrons. The third kappa shape index (κ3) is 3.21. The fourth-order valence-electron chi connectivity index (χ4n) is 1.66. The van der Waals surface area contributed by atoms with Gasteiger partial charge in [0, 0.05) is 5.88 Å². The van der Waals surface area contributed by atoms with E-state index in [9.17, 15) is 4.79 Å². The van der Waals surface area contributed by atoms with Crippen molar-refractivity contribution in [3.8, 4) is 6.07 Å². The summed E-state index contributed by atoms with van der Waals surface area (Å²) in [5.74, 6) is -0.0828. The molecular formula is C13H14ClNO2. The van der Waals surface area contributed by atoms with Crippen LogP contribution in [0.15, 0.2) is 12.1 Å². The van der Waals surface area contributed by atoms with E-state index in [0.717, 1.165) is 17.5 Å². The first kappa shape index (κ1) is 13.5. The van der Waals surface area contributed by atoms with Crippen molar-refractivity contribution in [3.63, 3.8) is 0 Å². The van der Waals surface area contributed by atoms with Crippen LogP contribution in [0, 0.1) is 11.3 Å². The molecular weight excluding hydrogens is 238 g/mol. The maximum Gasteiger partial charge on any atom is 0.310 e. The fourth-order valence-corrected chi connectivity index (χ4v) is 1.87. The first-order valence-electron chi connectivity index (χ1n) is 5.33.